The molecule has 0 radical (unpaired) electrons. The molecule has 0 unspecified atom stereocenters. The Morgan fingerprint density at radius 1 is 1.17 bits per heavy atom. The Bertz CT molecular complexity index is 892. The molecule has 0 saturated carbocycles. The van der Waals surface area contributed by atoms with Gasteiger partial charge in [0.1, 0.15) is 5.03 Å². The normalized spacial score (nSPS) is 19.1. The molecule has 2 aromatic rings. The molecule has 0 bridgehead atoms. The summed E-state index contributed by atoms with van der Waals surface area (Å²) in [6.45, 7) is 8.66. The standard InChI is InChI=1S/C22H26N2O4S/c1-14-7-8-18(10-15(14)2)29-21-19(6-5-9-23-21)22(26)27-13-20(25)24-11-16(3)28-17(4)12-24/h5-10,16-17H,11-13H2,1-4H3/t16-,17-/m0/s1. The van der Waals surface area contributed by atoms with Crippen LogP contribution in [0.1, 0.15) is 35.3 Å². The highest BCUT2D eigenvalue weighted by Gasteiger charge is 2.27. The molecule has 3 rings (SSSR count). The molecule has 6 nitrogen and oxygen atoms in total. The second kappa shape index (κ2) is 9.41. The van der Waals surface area contributed by atoms with Crippen LogP contribution < -0.4 is 0 Å². The maximum absolute atomic E-state index is 12.6. The van der Waals surface area contributed by atoms with Gasteiger partial charge in [0, 0.05) is 24.2 Å². The fraction of sp³-hybridized carbons (Fsp3) is 0.409. The number of hydrogen-bond donors (Lipinski definition) is 0. The molecule has 1 aliphatic heterocycles. The third-order valence-corrected chi connectivity index (χ3v) is 5.79. The lowest BCUT2D eigenvalue weighted by Gasteiger charge is -2.35. The van der Waals surface area contributed by atoms with Crippen molar-refractivity contribution in [3.05, 3.63) is 53.2 Å². The van der Waals surface area contributed by atoms with E-state index in [0.29, 0.717) is 23.7 Å². The largest absolute Gasteiger partial charge is 0.452 e. The molecule has 1 saturated heterocycles. The molecule has 2 atom stereocenters. The van der Waals surface area contributed by atoms with E-state index in [-0.39, 0.29) is 24.7 Å². The number of morpholine rings is 1. The van der Waals surface area contributed by atoms with E-state index in [2.05, 4.69) is 18.0 Å². The Morgan fingerprint density at radius 2 is 1.90 bits per heavy atom. The molecule has 1 aliphatic rings. The van der Waals surface area contributed by atoms with Gasteiger partial charge in [-0.2, -0.15) is 0 Å². The van der Waals surface area contributed by atoms with E-state index in [0.717, 1.165) is 4.90 Å². The first kappa shape index (κ1) is 21.3. The van der Waals surface area contributed by atoms with Gasteiger partial charge in [-0.1, -0.05) is 17.8 Å². The molecule has 1 amide bonds. The summed E-state index contributed by atoms with van der Waals surface area (Å²) in [6, 6.07) is 9.47. The first-order chi connectivity index (χ1) is 13.8. The van der Waals surface area contributed by atoms with Crippen molar-refractivity contribution < 1.29 is 19.1 Å². The second-order valence-electron chi connectivity index (χ2n) is 7.34. The predicted molar refractivity (Wildman–Crippen MR) is 111 cm³/mol. The Kier molecular flexibility index (Phi) is 6.92. The predicted octanol–water partition coefficient (Wildman–Crippen LogP) is 3.64. The molecule has 1 aromatic carbocycles. The van der Waals surface area contributed by atoms with Crippen LogP contribution >= 0.6 is 11.8 Å². The van der Waals surface area contributed by atoms with Crippen molar-refractivity contribution in [2.75, 3.05) is 19.7 Å². The average molecular weight is 415 g/mol. The highest BCUT2D eigenvalue weighted by molar-refractivity contribution is 7.99. The summed E-state index contributed by atoms with van der Waals surface area (Å²) in [5, 5.41) is 0.557. The minimum Gasteiger partial charge on any atom is -0.452 e. The van der Waals surface area contributed by atoms with Crippen LogP contribution in [0.5, 0.6) is 0 Å². The van der Waals surface area contributed by atoms with E-state index in [1.165, 1.54) is 22.9 Å². The van der Waals surface area contributed by atoms with Crippen LogP contribution in [0.2, 0.25) is 0 Å². The topological polar surface area (TPSA) is 68.7 Å². The lowest BCUT2D eigenvalue weighted by molar-refractivity contribution is -0.146. The molecular weight excluding hydrogens is 388 g/mol. The lowest BCUT2D eigenvalue weighted by atomic mass is 10.1. The van der Waals surface area contributed by atoms with Gasteiger partial charge in [-0.3, -0.25) is 4.79 Å². The summed E-state index contributed by atoms with van der Waals surface area (Å²) in [7, 11) is 0. The molecule has 0 N–H and O–H groups in total. The number of amides is 1. The number of ether oxygens (including phenoxy) is 2. The van der Waals surface area contributed by atoms with Crippen LogP contribution in [-0.4, -0.2) is 53.7 Å². The van der Waals surface area contributed by atoms with Gasteiger partial charge in [0.2, 0.25) is 0 Å². The summed E-state index contributed by atoms with van der Waals surface area (Å²) in [4.78, 5) is 32.1. The van der Waals surface area contributed by atoms with E-state index in [9.17, 15) is 9.59 Å². The fourth-order valence-corrected chi connectivity index (χ4v) is 4.16. The molecule has 29 heavy (non-hydrogen) atoms. The van der Waals surface area contributed by atoms with Crippen molar-refractivity contribution in [2.45, 2.75) is 49.8 Å². The zero-order valence-corrected chi connectivity index (χ0v) is 18.0. The molecule has 1 aromatic heterocycles. The van der Waals surface area contributed by atoms with Gasteiger partial charge >= 0.3 is 5.97 Å². The first-order valence-electron chi connectivity index (χ1n) is 9.64. The number of esters is 1. The first-order valence-corrected chi connectivity index (χ1v) is 10.5. The Labute approximate surface area is 175 Å². The maximum Gasteiger partial charge on any atom is 0.341 e. The molecule has 2 heterocycles. The van der Waals surface area contributed by atoms with Gasteiger partial charge < -0.3 is 14.4 Å². The lowest BCUT2D eigenvalue weighted by Crippen LogP contribution is -2.49. The third-order valence-electron chi connectivity index (χ3n) is 4.78. The number of carbonyl (C=O) groups excluding carboxylic acids is 2. The molecule has 0 spiro atoms. The van der Waals surface area contributed by atoms with E-state index >= 15 is 0 Å². The van der Waals surface area contributed by atoms with Gasteiger partial charge in [-0.25, -0.2) is 9.78 Å². The summed E-state index contributed by atoms with van der Waals surface area (Å²) < 4.78 is 10.9. The minimum absolute atomic E-state index is 0.0299. The quantitative estimate of drug-likeness (QED) is 0.696. The van der Waals surface area contributed by atoms with Crippen molar-refractivity contribution in [1.29, 1.82) is 0 Å². The van der Waals surface area contributed by atoms with Crippen LogP contribution in [-0.2, 0) is 14.3 Å². The smallest absolute Gasteiger partial charge is 0.341 e. The zero-order chi connectivity index (χ0) is 21.0. The van der Waals surface area contributed by atoms with E-state index in [1.807, 2.05) is 32.9 Å². The van der Waals surface area contributed by atoms with Crippen LogP contribution in [0, 0.1) is 13.8 Å². The number of aryl methyl sites for hydroxylation is 2. The average Bonchev–Trinajstić information content (AvgIpc) is 2.68. The highest BCUT2D eigenvalue weighted by atomic mass is 32.2. The van der Waals surface area contributed by atoms with Crippen molar-refractivity contribution in [1.82, 2.24) is 9.88 Å². The number of rotatable bonds is 5. The van der Waals surface area contributed by atoms with Gasteiger partial charge in [0.05, 0.1) is 17.8 Å². The molecule has 7 heteroatoms. The molecule has 0 aliphatic carbocycles. The summed E-state index contributed by atoms with van der Waals surface area (Å²) in [6.07, 6.45) is 1.58. The van der Waals surface area contributed by atoms with Crippen LogP contribution in [0.4, 0.5) is 0 Å². The molecular formula is C22H26N2O4S. The Morgan fingerprint density at radius 3 is 2.59 bits per heavy atom. The number of nitrogens with zero attached hydrogens (tertiary/aromatic N) is 2. The van der Waals surface area contributed by atoms with Gasteiger partial charge in [-0.05, 0) is 63.1 Å². The summed E-state index contributed by atoms with van der Waals surface area (Å²) in [5.41, 5.74) is 2.74. The molecule has 154 valence electrons. The highest BCUT2D eigenvalue weighted by Crippen LogP contribution is 2.30. The number of hydrogen-bond acceptors (Lipinski definition) is 6. The van der Waals surface area contributed by atoms with Crippen molar-refractivity contribution in [3.8, 4) is 0 Å². The van der Waals surface area contributed by atoms with Crippen molar-refractivity contribution in [2.24, 2.45) is 0 Å². The Balaban J connectivity index is 1.65. The number of pyridine rings is 1. The zero-order valence-electron chi connectivity index (χ0n) is 17.2. The summed E-state index contributed by atoms with van der Waals surface area (Å²) >= 11 is 1.40. The van der Waals surface area contributed by atoms with Crippen molar-refractivity contribution in [3.63, 3.8) is 0 Å². The van der Waals surface area contributed by atoms with Gasteiger partial charge in [-0.15, -0.1) is 0 Å². The fourth-order valence-electron chi connectivity index (χ4n) is 3.19. The van der Waals surface area contributed by atoms with E-state index in [4.69, 9.17) is 9.47 Å². The maximum atomic E-state index is 12.6. The van der Waals surface area contributed by atoms with Gasteiger partial charge in [0.15, 0.2) is 6.61 Å². The number of benzene rings is 1. The number of carbonyl (C=O) groups is 2. The Hall–Kier alpha value is -2.38. The SMILES string of the molecule is Cc1ccc(Sc2ncccc2C(=O)OCC(=O)N2C[C@H](C)O[C@@H](C)C2)cc1C. The summed E-state index contributed by atoms with van der Waals surface area (Å²) in [5.74, 6) is -0.764. The van der Waals surface area contributed by atoms with E-state index < -0.39 is 5.97 Å². The molecule has 1 fully saturated rings. The number of aromatic nitrogens is 1. The van der Waals surface area contributed by atoms with Crippen LogP contribution in [0.15, 0.2) is 46.5 Å². The van der Waals surface area contributed by atoms with Crippen molar-refractivity contribution >= 4 is 23.6 Å². The van der Waals surface area contributed by atoms with Crippen LogP contribution in [0.3, 0.4) is 0 Å². The van der Waals surface area contributed by atoms with E-state index in [1.54, 1.807) is 23.2 Å². The second-order valence-corrected chi connectivity index (χ2v) is 8.40. The van der Waals surface area contributed by atoms with Crippen LogP contribution in [0.25, 0.3) is 0 Å². The monoisotopic (exact) mass is 414 g/mol. The van der Waals surface area contributed by atoms with Gasteiger partial charge in [0.25, 0.3) is 5.91 Å². The minimum atomic E-state index is -0.549. The third kappa shape index (κ3) is 5.58.